The van der Waals surface area contributed by atoms with E-state index in [2.05, 4.69) is 11.8 Å². The Morgan fingerprint density at radius 1 is 0.920 bits per heavy atom. The van der Waals surface area contributed by atoms with Crippen LogP contribution in [0.5, 0.6) is 0 Å². The van der Waals surface area contributed by atoms with Crippen LogP contribution in [0.15, 0.2) is 53.4 Å². The van der Waals surface area contributed by atoms with Crippen LogP contribution in [0.1, 0.15) is 18.9 Å². The van der Waals surface area contributed by atoms with Crippen molar-refractivity contribution in [1.82, 2.24) is 4.31 Å². The molecule has 2 aromatic rings. The van der Waals surface area contributed by atoms with Crippen LogP contribution in [0.3, 0.4) is 0 Å². The summed E-state index contributed by atoms with van der Waals surface area (Å²) in [6, 6.07) is 15.0. The first-order valence-corrected chi connectivity index (χ1v) is 10.4. The minimum absolute atomic E-state index is 0.382. The van der Waals surface area contributed by atoms with Gasteiger partial charge in [0.1, 0.15) is 0 Å². The van der Waals surface area contributed by atoms with Gasteiger partial charge in [-0.25, -0.2) is 8.42 Å². The summed E-state index contributed by atoms with van der Waals surface area (Å²) in [4.78, 5) is 2.57. The smallest absolute Gasteiger partial charge is 0.243 e. The molecule has 1 heterocycles. The predicted molar refractivity (Wildman–Crippen MR) is 103 cm³/mol. The van der Waals surface area contributed by atoms with Gasteiger partial charge in [-0.2, -0.15) is 4.31 Å². The fraction of sp³-hybridized carbons (Fsp3) is 0.368. The summed E-state index contributed by atoms with van der Waals surface area (Å²) in [5.41, 5.74) is 2.25. The van der Waals surface area contributed by atoms with Crippen LogP contribution in [0.2, 0.25) is 5.02 Å². The van der Waals surface area contributed by atoms with E-state index in [0.29, 0.717) is 36.1 Å². The quantitative estimate of drug-likeness (QED) is 0.794. The van der Waals surface area contributed by atoms with Gasteiger partial charge in [0, 0.05) is 36.9 Å². The first kappa shape index (κ1) is 18.2. The molecular formula is C19H23ClN2O2S. The second-order valence-corrected chi connectivity index (χ2v) is 8.64. The lowest BCUT2D eigenvalue weighted by Gasteiger charge is -2.35. The Morgan fingerprint density at radius 3 is 2.08 bits per heavy atom. The van der Waals surface area contributed by atoms with Gasteiger partial charge >= 0.3 is 0 Å². The maximum atomic E-state index is 12.8. The molecule has 2 aromatic carbocycles. The van der Waals surface area contributed by atoms with Crippen molar-refractivity contribution < 1.29 is 8.42 Å². The summed E-state index contributed by atoms with van der Waals surface area (Å²) < 4.78 is 27.2. The molecule has 0 atom stereocenters. The van der Waals surface area contributed by atoms with Gasteiger partial charge in [0.05, 0.1) is 4.90 Å². The molecule has 0 unspecified atom stereocenters. The molecular weight excluding hydrogens is 356 g/mol. The van der Waals surface area contributed by atoms with Crippen molar-refractivity contribution in [3.63, 3.8) is 0 Å². The van der Waals surface area contributed by atoms with E-state index < -0.39 is 10.0 Å². The Morgan fingerprint density at radius 2 is 1.52 bits per heavy atom. The van der Waals surface area contributed by atoms with Crippen LogP contribution >= 0.6 is 11.6 Å². The molecule has 4 nitrogen and oxygen atoms in total. The molecule has 0 bridgehead atoms. The average molecular weight is 379 g/mol. The highest BCUT2D eigenvalue weighted by molar-refractivity contribution is 7.89. The number of nitrogens with zero attached hydrogens (tertiary/aromatic N) is 2. The maximum Gasteiger partial charge on any atom is 0.243 e. The van der Waals surface area contributed by atoms with E-state index in [0.717, 1.165) is 18.5 Å². The largest absolute Gasteiger partial charge is 0.369 e. The van der Waals surface area contributed by atoms with Gasteiger partial charge in [0.25, 0.3) is 0 Å². The van der Waals surface area contributed by atoms with Crippen LogP contribution in [0.25, 0.3) is 0 Å². The minimum atomic E-state index is -3.42. The zero-order valence-corrected chi connectivity index (χ0v) is 15.9. The highest BCUT2D eigenvalue weighted by atomic mass is 35.5. The SMILES string of the molecule is CCCc1ccc(S(=O)(=O)N2CCN(c3ccc(Cl)cc3)CC2)cc1. The molecule has 134 valence electrons. The molecule has 0 saturated carbocycles. The summed E-state index contributed by atoms with van der Waals surface area (Å²) in [6.45, 7) is 4.44. The number of hydrogen-bond donors (Lipinski definition) is 0. The van der Waals surface area contributed by atoms with Gasteiger partial charge in [-0.05, 0) is 48.4 Å². The number of rotatable bonds is 5. The fourth-order valence-corrected chi connectivity index (χ4v) is 4.65. The molecule has 1 saturated heterocycles. The molecule has 1 aliphatic heterocycles. The molecule has 0 radical (unpaired) electrons. The fourth-order valence-electron chi connectivity index (χ4n) is 3.10. The third-order valence-corrected chi connectivity index (χ3v) is 6.70. The van der Waals surface area contributed by atoms with Crippen molar-refractivity contribution in [3.8, 4) is 0 Å². The van der Waals surface area contributed by atoms with Gasteiger partial charge in [0.2, 0.25) is 10.0 Å². The normalized spacial score (nSPS) is 16.2. The lowest BCUT2D eigenvalue weighted by Crippen LogP contribution is -2.48. The Hall–Kier alpha value is -1.56. The summed E-state index contributed by atoms with van der Waals surface area (Å²) in [5.74, 6) is 0. The Kier molecular flexibility index (Phi) is 5.67. The number of anilines is 1. The molecule has 0 aliphatic carbocycles. The first-order valence-electron chi connectivity index (χ1n) is 8.60. The number of benzene rings is 2. The second-order valence-electron chi connectivity index (χ2n) is 6.26. The van der Waals surface area contributed by atoms with E-state index in [4.69, 9.17) is 11.6 Å². The van der Waals surface area contributed by atoms with Crippen molar-refractivity contribution in [1.29, 1.82) is 0 Å². The minimum Gasteiger partial charge on any atom is -0.369 e. The van der Waals surface area contributed by atoms with Gasteiger partial charge in [-0.3, -0.25) is 0 Å². The number of aryl methyl sites for hydroxylation is 1. The Balaban J connectivity index is 1.67. The predicted octanol–water partition coefficient (Wildman–Crippen LogP) is 3.80. The lowest BCUT2D eigenvalue weighted by molar-refractivity contribution is 0.385. The zero-order chi connectivity index (χ0) is 17.9. The summed E-state index contributed by atoms with van der Waals surface area (Å²) in [5, 5.41) is 0.705. The molecule has 25 heavy (non-hydrogen) atoms. The van der Waals surface area contributed by atoms with Crippen LogP contribution in [0, 0.1) is 0 Å². The standard InChI is InChI=1S/C19H23ClN2O2S/c1-2-3-16-4-10-19(11-5-16)25(23,24)22-14-12-21(13-15-22)18-8-6-17(20)7-9-18/h4-11H,2-3,12-15H2,1H3. The first-order chi connectivity index (χ1) is 12.0. The number of halogens is 1. The Labute approximate surface area is 155 Å². The molecule has 3 rings (SSSR count). The monoisotopic (exact) mass is 378 g/mol. The maximum absolute atomic E-state index is 12.8. The summed E-state index contributed by atoms with van der Waals surface area (Å²) in [6.07, 6.45) is 2.03. The van der Waals surface area contributed by atoms with Crippen molar-refractivity contribution in [2.24, 2.45) is 0 Å². The molecule has 0 amide bonds. The topological polar surface area (TPSA) is 40.6 Å². The third kappa shape index (κ3) is 4.17. The highest BCUT2D eigenvalue weighted by Crippen LogP contribution is 2.23. The molecule has 0 aromatic heterocycles. The van der Waals surface area contributed by atoms with Crippen molar-refractivity contribution in [3.05, 3.63) is 59.1 Å². The van der Waals surface area contributed by atoms with E-state index in [9.17, 15) is 8.42 Å². The lowest BCUT2D eigenvalue weighted by atomic mass is 10.1. The van der Waals surface area contributed by atoms with Gasteiger partial charge in [-0.1, -0.05) is 37.1 Å². The van der Waals surface area contributed by atoms with Crippen LogP contribution in [0.4, 0.5) is 5.69 Å². The van der Waals surface area contributed by atoms with E-state index >= 15 is 0 Å². The summed E-state index contributed by atoms with van der Waals surface area (Å²) in [7, 11) is -3.42. The molecule has 1 aliphatic rings. The van der Waals surface area contributed by atoms with E-state index in [1.54, 1.807) is 16.4 Å². The molecule has 6 heteroatoms. The number of piperazine rings is 1. The van der Waals surface area contributed by atoms with E-state index in [1.807, 2.05) is 36.4 Å². The van der Waals surface area contributed by atoms with E-state index in [1.165, 1.54) is 5.56 Å². The third-order valence-electron chi connectivity index (χ3n) is 4.53. The van der Waals surface area contributed by atoms with Crippen molar-refractivity contribution in [2.45, 2.75) is 24.7 Å². The molecule has 0 N–H and O–H groups in total. The zero-order valence-electron chi connectivity index (χ0n) is 14.4. The molecule has 1 fully saturated rings. The van der Waals surface area contributed by atoms with E-state index in [-0.39, 0.29) is 0 Å². The van der Waals surface area contributed by atoms with Crippen LogP contribution in [-0.2, 0) is 16.4 Å². The van der Waals surface area contributed by atoms with Crippen LogP contribution < -0.4 is 4.90 Å². The van der Waals surface area contributed by atoms with Crippen molar-refractivity contribution in [2.75, 3.05) is 31.1 Å². The summed E-state index contributed by atoms with van der Waals surface area (Å²) >= 11 is 5.93. The van der Waals surface area contributed by atoms with Gasteiger partial charge in [0.15, 0.2) is 0 Å². The average Bonchev–Trinajstić information content (AvgIpc) is 2.63. The Bertz CT molecular complexity index is 796. The highest BCUT2D eigenvalue weighted by Gasteiger charge is 2.28. The number of hydrogen-bond acceptors (Lipinski definition) is 3. The van der Waals surface area contributed by atoms with Crippen LogP contribution in [-0.4, -0.2) is 38.9 Å². The number of sulfonamides is 1. The van der Waals surface area contributed by atoms with Crippen molar-refractivity contribution >= 4 is 27.3 Å². The van der Waals surface area contributed by atoms with Gasteiger partial charge in [-0.15, -0.1) is 0 Å². The second kappa shape index (κ2) is 7.77. The molecule has 0 spiro atoms. The van der Waals surface area contributed by atoms with Gasteiger partial charge < -0.3 is 4.90 Å².